The van der Waals surface area contributed by atoms with Gasteiger partial charge in [0.25, 0.3) is 0 Å². The van der Waals surface area contributed by atoms with E-state index in [1.807, 2.05) is 32.0 Å². The first-order valence-corrected chi connectivity index (χ1v) is 5.06. The quantitative estimate of drug-likeness (QED) is 0.710. The molecule has 0 aliphatic rings. The first-order valence-electron chi connectivity index (χ1n) is 5.06. The lowest BCUT2D eigenvalue weighted by Gasteiger charge is -2.17. The van der Waals surface area contributed by atoms with E-state index in [9.17, 15) is 0 Å². The van der Waals surface area contributed by atoms with Crippen molar-refractivity contribution in [1.29, 1.82) is 0 Å². The molecule has 0 aromatic carbocycles. The van der Waals surface area contributed by atoms with E-state index in [0.29, 0.717) is 6.61 Å². The van der Waals surface area contributed by atoms with Gasteiger partial charge in [-0.1, -0.05) is 0 Å². The molecule has 1 heterocycles. The lowest BCUT2D eigenvalue weighted by molar-refractivity contribution is 0.154. The molecular weight excluding hydrogens is 192 g/mol. The molecule has 84 valence electrons. The summed E-state index contributed by atoms with van der Waals surface area (Å²) in [6, 6.07) is 1.91. The zero-order valence-corrected chi connectivity index (χ0v) is 9.53. The number of nitrogens with one attached hydrogen (secondary N) is 1. The second-order valence-corrected chi connectivity index (χ2v) is 3.13. The van der Waals surface area contributed by atoms with Crippen molar-refractivity contribution in [2.45, 2.75) is 6.92 Å². The van der Waals surface area contributed by atoms with Gasteiger partial charge in [0, 0.05) is 33.3 Å². The van der Waals surface area contributed by atoms with Crippen LogP contribution in [0.2, 0.25) is 0 Å². The Morgan fingerprint density at radius 2 is 2.27 bits per heavy atom. The van der Waals surface area contributed by atoms with Crippen molar-refractivity contribution >= 4 is 11.6 Å². The van der Waals surface area contributed by atoms with Gasteiger partial charge < -0.3 is 15.0 Å². The maximum atomic E-state index is 5.28. The third kappa shape index (κ3) is 3.71. The molecular formula is C10H18N4O. The van der Waals surface area contributed by atoms with Crippen LogP contribution in [0.5, 0.6) is 0 Å². The average Bonchev–Trinajstić information content (AvgIpc) is 2.29. The van der Waals surface area contributed by atoms with Gasteiger partial charge in [-0.15, -0.1) is 0 Å². The molecule has 0 spiro atoms. The van der Waals surface area contributed by atoms with Crippen LogP contribution in [0.25, 0.3) is 0 Å². The van der Waals surface area contributed by atoms with Crippen LogP contribution < -0.4 is 10.2 Å². The summed E-state index contributed by atoms with van der Waals surface area (Å²) in [4.78, 5) is 10.3. The number of ether oxygens (including phenoxy) is 1. The Morgan fingerprint density at radius 1 is 1.47 bits per heavy atom. The molecule has 1 rings (SSSR count). The molecule has 0 amide bonds. The Kier molecular flexibility index (Phi) is 4.83. The van der Waals surface area contributed by atoms with Crippen molar-refractivity contribution in [2.75, 3.05) is 44.1 Å². The van der Waals surface area contributed by atoms with Crippen LogP contribution in [0, 0.1) is 0 Å². The van der Waals surface area contributed by atoms with Crippen LogP contribution in [0.15, 0.2) is 12.4 Å². The Bertz CT molecular complexity index is 293. The summed E-state index contributed by atoms with van der Waals surface area (Å²) in [5.41, 5.74) is 0. The highest BCUT2D eigenvalue weighted by Gasteiger charge is 2.02. The summed E-state index contributed by atoms with van der Waals surface area (Å²) in [7, 11) is 3.83. The van der Waals surface area contributed by atoms with E-state index >= 15 is 0 Å². The van der Waals surface area contributed by atoms with Crippen LogP contribution in [-0.2, 0) is 4.74 Å². The summed E-state index contributed by atoms with van der Waals surface area (Å²) in [6.45, 7) is 4.28. The van der Waals surface area contributed by atoms with Gasteiger partial charge in [0.15, 0.2) is 0 Å². The average molecular weight is 210 g/mol. The smallest absolute Gasteiger partial charge is 0.133 e. The summed E-state index contributed by atoms with van der Waals surface area (Å²) in [6.07, 6.45) is 1.55. The van der Waals surface area contributed by atoms with Gasteiger partial charge in [0.05, 0.1) is 6.61 Å². The first-order chi connectivity index (χ1) is 7.27. The Labute approximate surface area is 90.5 Å². The van der Waals surface area contributed by atoms with Crippen LogP contribution in [0.3, 0.4) is 0 Å². The number of rotatable bonds is 6. The second kappa shape index (κ2) is 6.19. The standard InChI is InChI=1S/C10H18N4O/c1-4-15-6-5-14(3)10-7-9(11-2)12-8-13-10/h7-8H,4-6H2,1-3H3,(H,11,12,13). The topological polar surface area (TPSA) is 50.3 Å². The largest absolute Gasteiger partial charge is 0.380 e. The number of likely N-dealkylation sites (N-methyl/N-ethyl adjacent to an activating group) is 1. The normalized spacial score (nSPS) is 10.1. The molecule has 5 heteroatoms. The van der Waals surface area contributed by atoms with Gasteiger partial charge in [-0.3, -0.25) is 0 Å². The predicted molar refractivity (Wildman–Crippen MR) is 61.3 cm³/mol. The summed E-state index contributed by atoms with van der Waals surface area (Å²) in [5, 5.41) is 2.98. The number of anilines is 2. The van der Waals surface area contributed by atoms with Crippen molar-refractivity contribution in [1.82, 2.24) is 9.97 Å². The summed E-state index contributed by atoms with van der Waals surface area (Å²) < 4.78 is 5.28. The molecule has 0 bridgehead atoms. The van der Waals surface area contributed by atoms with Gasteiger partial charge >= 0.3 is 0 Å². The number of aromatic nitrogens is 2. The minimum absolute atomic E-state index is 0.714. The molecule has 0 saturated carbocycles. The third-order valence-electron chi connectivity index (χ3n) is 2.08. The van der Waals surface area contributed by atoms with Gasteiger partial charge in [0.2, 0.25) is 0 Å². The summed E-state index contributed by atoms with van der Waals surface area (Å²) >= 11 is 0. The van der Waals surface area contributed by atoms with E-state index in [-0.39, 0.29) is 0 Å². The van der Waals surface area contributed by atoms with E-state index in [1.54, 1.807) is 6.33 Å². The lowest BCUT2D eigenvalue weighted by atomic mass is 10.4. The number of nitrogens with zero attached hydrogens (tertiary/aromatic N) is 3. The molecule has 5 nitrogen and oxygen atoms in total. The molecule has 1 N–H and O–H groups in total. The Balaban J connectivity index is 2.52. The molecule has 0 unspecified atom stereocenters. The van der Waals surface area contributed by atoms with Crippen LogP contribution in [0.4, 0.5) is 11.6 Å². The van der Waals surface area contributed by atoms with E-state index < -0.39 is 0 Å². The molecule has 0 atom stereocenters. The van der Waals surface area contributed by atoms with Gasteiger partial charge in [-0.05, 0) is 6.92 Å². The van der Waals surface area contributed by atoms with Gasteiger partial charge in [-0.25, -0.2) is 9.97 Å². The zero-order valence-electron chi connectivity index (χ0n) is 9.53. The van der Waals surface area contributed by atoms with E-state index in [4.69, 9.17) is 4.74 Å². The Hall–Kier alpha value is -1.36. The Morgan fingerprint density at radius 3 is 2.93 bits per heavy atom. The van der Waals surface area contributed by atoms with Crippen molar-refractivity contribution in [3.05, 3.63) is 12.4 Å². The zero-order chi connectivity index (χ0) is 11.1. The molecule has 0 aliphatic carbocycles. The molecule has 0 aliphatic heterocycles. The minimum atomic E-state index is 0.714. The van der Waals surface area contributed by atoms with E-state index in [1.165, 1.54) is 0 Å². The number of hydrogen-bond acceptors (Lipinski definition) is 5. The van der Waals surface area contributed by atoms with Gasteiger partial charge in [-0.2, -0.15) is 0 Å². The monoisotopic (exact) mass is 210 g/mol. The highest BCUT2D eigenvalue weighted by Crippen LogP contribution is 2.11. The highest BCUT2D eigenvalue weighted by molar-refractivity contribution is 5.47. The van der Waals surface area contributed by atoms with Gasteiger partial charge in [0.1, 0.15) is 18.0 Å². The second-order valence-electron chi connectivity index (χ2n) is 3.13. The molecule has 0 fully saturated rings. The minimum Gasteiger partial charge on any atom is -0.380 e. The maximum absolute atomic E-state index is 5.28. The first kappa shape index (κ1) is 11.7. The fourth-order valence-corrected chi connectivity index (χ4v) is 1.15. The van der Waals surface area contributed by atoms with Crippen LogP contribution in [-0.4, -0.2) is 43.8 Å². The SMILES string of the molecule is CCOCCN(C)c1cc(NC)ncn1. The van der Waals surface area contributed by atoms with Crippen molar-refractivity contribution in [3.63, 3.8) is 0 Å². The maximum Gasteiger partial charge on any atom is 0.133 e. The highest BCUT2D eigenvalue weighted by atomic mass is 16.5. The number of hydrogen-bond donors (Lipinski definition) is 1. The van der Waals surface area contributed by atoms with Crippen molar-refractivity contribution < 1.29 is 4.74 Å². The predicted octanol–water partition coefficient (Wildman–Crippen LogP) is 0.991. The third-order valence-corrected chi connectivity index (χ3v) is 2.08. The molecule has 15 heavy (non-hydrogen) atoms. The van der Waals surface area contributed by atoms with Crippen LogP contribution in [0.1, 0.15) is 6.92 Å². The molecule has 0 radical (unpaired) electrons. The fourth-order valence-electron chi connectivity index (χ4n) is 1.15. The van der Waals surface area contributed by atoms with Crippen molar-refractivity contribution in [2.24, 2.45) is 0 Å². The van der Waals surface area contributed by atoms with E-state index in [2.05, 4.69) is 15.3 Å². The molecule has 1 aromatic rings. The van der Waals surface area contributed by atoms with E-state index in [0.717, 1.165) is 24.8 Å². The fraction of sp³-hybridized carbons (Fsp3) is 0.600. The molecule has 1 aromatic heterocycles. The molecule has 0 saturated heterocycles. The lowest BCUT2D eigenvalue weighted by Crippen LogP contribution is -2.23. The summed E-state index contributed by atoms with van der Waals surface area (Å²) in [5.74, 6) is 1.72. The van der Waals surface area contributed by atoms with Crippen LogP contribution >= 0.6 is 0 Å². The van der Waals surface area contributed by atoms with Crippen molar-refractivity contribution in [3.8, 4) is 0 Å².